The quantitative estimate of drug-likeness (QED) is 0.648. The monoisotopic (exact) mass is 447 g/mol. The Morgan fingerprint density at radius 3 is 2.26 bits per heavy atom. The summed E-state index contributed by atoms with van der Waals surface area (Å²) in [4.78, 5) is 24.5. The first kappa shape index (κ1) is 22.9. The van der Waals surface area contributed by atoms with Gasteiger partial charge in [0, 0.05) is 38.5 Å². The zero-order chi connectivity index (χ0) is 22.3. The molecule has 3 rings (SSSR count). The maximum atomic E-state index is 12.9. The minimum atomic E-state index is -3.54. The maximum absolute atomic E-state index is 12.9. The second kappa shape index (κ2) is 10.5. The predicted molar refractivity (Wildman–Crippen MR) is 114 cm³/mol. The maximum Gasteiger partial charge on any atom is 0.243 e. The molecule has 2 aromatic rings. The van der Waals surface area contributed by atoms with E-state index in [0.717, 1.165) is 5.56 Å². The van der Waals surface area contributed by atoms with Crippen LogP contribution in [0.4, 0.5) is 4.39 Å². The molecule has 2 amide bonds. The van der Waals surface area contributed by atoms with Gasteiger partial charge in [-0.3, -0.25) is 9.59 Å². The highest BCUT2D eigenvalue weighted by atomic mass is 32.2. The first-order valence-corrected chi connectivity index (χ1v) is 11.6. The van der Waals surface area contributed by atoms with Crippen molar-refractivity contribution in [3.05, 3.63) is 66.0 Å². The molecule has 0 atom stereocenters. The molecule has 0 aliphatic carbocycles. The van der Waals surface area contributed by atoms with Crippen molar-refractivity contribution in [1.82, 2.24) is 14.9 Å². The number of carbonyl (C=O) groups is 2. The Morgan fingerprint density at radius 1 is 0.968 bits per heavy atom. The van der Waals surface area contributed by atoms with Crippen molar-refractivity contribution in [1.29, 1.82) is 0 Å². The molecule has 1 heterocycles. The van der Waals surface area contributed by atoms with Crippen molar-refractivity contribution in [2.45, 2.75) is 30.7 Å². The molecule has 7 nitrogen and oxygen atoms in total. The van der Waals surface area contributed by atoms with E-state index in [1.165, 1.54) is 16.4 Å². The third-order valence-electron chi connectivity index (χ3n) is 5.26. The molecule has 0 bridgehead atoms. The van der Waals surface area contributed by atoms with Gasteiger partial charge < -0.3 is 10.6 Å². The van der Waals surface area contributed by atoms with Crippen LogP contribution in [0.25, 0.3) is 0 Å². The number of nitrogens with one attached hydrogen (secondary N) is 2. The number of halogens is 1. The third-order valence-corrected chi connectivity index (χ3v) is 7.17. The average molecular weight is 448 g/mol. The molecule has 0 spiro atoms. The first-order valence-electron chi connectivity index (χ1n) is 10.2. The summed E-state index contributed by atoms with van der Waals surface area (Å²) in [6, 6.07) is 14.1. The van der Waals surface area contributed by atoms with Gasteiger partial charge in [0.15, 0.2) is 0 Å². The van der Waals surface area contributed by atoms with Crippen LogP contribution in [0.3, 0.4) is 0 Å². The largest absolute Gasteiger partial charge is 0.355 e. The van der Waals surface area contributed by atoms with Gasteiger partial charge in [-0.25, -0.2) is 12.8 Å². The van der Waals surface area contributed by atoms with Gasteiger partial charge in [0.2, 0.25) is 21.8 Å². The summed E-state index contributed by atoms with van der Waals surface area (Å²) in [6.45, 7) is 1.07. The van der Waals surface area contributed by atoms with Crippen LogP contribution in [0.2, 0.25) is 0 Å². The first-order chi connectivity index (χ1) is 14.9. The van der Waals surface area contributed by atoms with Gasteiger partial charge in [-0.15, -0.1) is 0 Å². The van der Waals surface area contributed by atoms with Gasteiger partial charge in [0.05, 0.1) is 4.90 Å². The number of nitrogens with zero attached hydrogens (tertiary/aromatic N) is 1. The van der Waals surface area contributed by atoms with Gasteiger partial charge in [-0.1, -0.05) is 30.3 Å². The zero-order valence-electron chi connectivity index (χ0n) is 17.1. The SMILES string of the molecule is O=C(CCNC(=O)C1CCN(S(=O)(=O)c2ccccc2)CC1)NCc1ccc(F)cc1. The summed E-state index contributed by atoms with van der Waals surface area (Å²) in [5.74, 6) is -0.984. The summed E-state index contributed by atoms with van der Waals surface area (Å²) in [5, 5.41) is 5.48. The molecule has 0 radical (unpaired) electrons. The van der Waals surface area contributed by atoms with Crippen LogP contribution in [0.15, 0.2) is 59.5 Å². The Bertz CT molecular complexity index is 989. The van der Waals surface area contributed by atoms with Gasteiger partial charge in [-0.2, -0.15) is 4.31 Å². The smallest absolute Gasteiger partial charge is 0.243 e. The molecule has 1 aliphatic heterocycles. The Hall–Kier alpha value is -2.78. The second-order valence-electron chi connectivity index (χ2n) is 7.44. The van der Waals surface area contributed by atoms with E-state index >= 15 is 0 Å². The van der Waals surface area contributed by atoms with Crippen molar-refractivity contribution in [3.63, 3.8) is 0 Å². The van der Waals surface area contributed by atoms with Crippen molar-refractivity contribution in [2.24, 2.45) is 5.92 Å². The van der Waals surface area contributed by atoms with E-state index < -0.39 is 10.0 Å². The summed E-state index contributed by atoms with van der Waals surface area (Å²) in [5.41, 5.74) is 0.788. The van der Waals surface area contributed by atoms with Crippen LogP contribution in [0.1, 0.15) is 24.8 Å². The lowest BCUT2D eigenvalue weighted by Gasteiger charge is -2.30. The fourth-order valence-electron chi connectivity index (χ4n) is 3.43. The number of benzene rings is 2. The fourth-order valence-corrected chi connectivity index (χ4v) is 4.93. The van der Waals surface area contributed by atoms with Gasteiger partial charge >= 0.3 is 0 Å². The topological polar surface area (TPSA) is 95.6 Å². The average Bonchev–Trinajstić information content (AvgIpc) is 2.79. The molecular weight excluding hydrogens is 421 g/mol. The van der Waals surface area contributed by atoms with E-state index in [0.29, 0.717) is 19.4 Å². The molecule has 1 aliphatic rings. The second-order valence-corrected chi connectivity index (χ2v) is 9.37. The molecule has 1 fully saturated rings. The lowest BCUT2D eigenvalue weighted by atomic mass is 9.97. The minimum absolute atomic E-state index is 0.133. The molecule has 0 aromatic heterocycles. The molecule has 166 valence electrons. The van der Waals surface area contributed by atoms with Crippen molar-refractivity contribution in [3.8, 4) is 0 Å². The normalized spacial score (nSPS) is 15.4. The molecule has 0 unspecified atom stereocenters. The van der Waals surface area contributed by atoms with Crippen LogP contribution in [0, 0.1) is 11.7 Å². The van der Waals surface area contributed by atoms with E-state index in [1.807, 2.05) is 0 Å². The fraction of sp³-hybridized carbons (Fsp3) is 0.364. The van der Waals surface area contributed by atoms with Crippen LogP contribution < -0.4 is 10.6 Å². The summed E-state index contributed by atoms with van der Waals surface area (Å²) < 4.78 is 39.6. The van der Waals surface area contributed by atoms with E-state index in [-0.39, 0.29) is 54.5 Å². The Kier molecular flexibility index (Phi) is 7.75. The van der Waals surface area contributed by atoms with Crippen LogP contribution in [0.5, 0.6) is 0 Å². The number of rotatable bonds is 8. The van der Waals surface area contributed by atoms with E-state index in [4.69, 9.17) is 0 Å². The van der Waals surface area contributed by atoms with Crippen LogP contribution in [-0.2, 0) is 26.2 Å². The standard InChI is InChI=1S/C22H26FN3O4S/c23-19-8-6-17(7-9-19)16-25-21(27)10-13-24-22(28)18-11-14-26(15-12-18)31(29,30)20-4-2-1-3-5-20/h1-9,18H,10-16H2,(H,24,28)(H,25,27). The van der Waals surface area contributed by atoms with E-state index in [2.05, 4.69) is 10.6 Å². The Morgan fingerprint density at radius 2 is 1.61 bits per heavy atom. The summed E-state index contributed by atoms with van der Waals surface area (Å²) in [6.07, 6.45) is 1.01. The number of hydrogen-bond acceptors (Lipinski definition) is 4. The van der Waals surface area contributed by atoms with E-state index in [1.54, 1.807) is 42.5 Å². The van der Waals surface area contributed by atoms with Gasteiger partial charge in [0.1, 0.15) is 5.82 Å². The van der Waals surface area contributed by atoms with Crippen molar-refractivity contribution in [2.75, 3.05) is 19.6 Å². The summed E-state index contributed by atoms with van der Waals surface area (Å²) in [7, 11) is -3.54. The summed E-state index contributed by atoms with van der Waals surface area (Å²) >= 11 is 0. The number of amides is 2. The number of sulfonamides is 1. The Labute approximate surface area is 181 Å². The molecule has 2 aromatic carbocycles. The predicted octanol–water partition coefficient (Wildman–Crippen LogP) is 2.05. The molecule has 0 saturated carbocycles. The van der Waals surface area contributed by atoms with Gasteiger partial charge in [-0.05, 0) is 42.7 Å². The molecule has 9 heteroatoms. The third kappa shape index (κ3) is 6.35. The molecule has 31 heavy (non-hydrogen) atoms. The number of carbonyl (C=O) groups excluding carboxylic acids is 2. The molecule has 1 saturated heterocycles. The highest BCUT2D eigenvalue weighted by Crippen LogP contribution is 2.23. The van der Waals surface area contributed by atoms with Crippen LogP contribution in [-0.4, -0.2) is 44.2 Å². The highest BCUT2D eigenvalue weighted by molar-refractivity contribution is 7.89. The number of piperidine rings is 1. The highest BCUT2D eigenvalue weighted by Gasteiger charge is 2.31. The Balaban J connectivity index is 1.37. The van der Waals surface area contributed by atoms with Crippen molar-refractivity contribution < 1.29 is 22.4 Å². The minimum Gasteiger partial charge on any atom is -0.355 e. The van der Waals surface area contributed by atoms with Crippen LogP contribution >= 0.6 is 0 Å². The van der Waals surface area contributed by atoms with E-state index in [9.17, 15) is 22.4 Å². The lowest BCUT2D eigenvalue weighted by Crippen LogP contribution is -2.43. The zero-order valence-corrected chi connectivity index (χ0v) is 17.9. The molecular formula is C22H26FN3O4S. The lowest BCUT2D eigenvalue weighted by molar-refractivity contribution is -0.126. The molecule has 2 N–H and O–H groups in total. The number of hydrogen-bond donors (Lipinski definition) is 2. The van der Waals surface area contributed by atoms with Gasteiger partial charge in [0.25, 0.3) is 0 Å². The van der Waals surface area contributed by atoms with Crippen molar-refractivity contribution >= 4 is 21.8 Å².